The van der Waals surface area contributed by atoms with Gasteiger partial charge in [-0.05, 0) is 55.1 Å². The Morgan fingerprint density at radius 1 is 1.04 bits per heavy atom. The molecular weight excluding hydrogens is 322 g/mol. The minimum atomic E-state index is -0.0313. The summed E-state index contributed by atoms with van der Waals surface area (Å²) in [6, 6.07) is 13.3. The fraction of sp³-hybridized carbons (Fsp3) is 0.211. The second-order valence-corrected chi connectivity index (χ2v) is 6.38. The Morgan fingerprint density at radius 3 is 2.17 bits per heavy atom. The maximum Gasteiger partial charge on any atom is 0.254 e. The van der Waals surface area contributed by atoms with Gasteiger partial charge < -0.3 is 13.7 Å². The van der Waals surface area contributed by atoms with Crippen LogP contribution in [0.2, 0.25) is 0 Å². The average Bonchev–Trinajstić information content (AvgIpc) is 3.28. The summed E-state index contributed by atoms with van der Waals surface area (Å²) < 4.78 is 10.8. The van der Waals surface area contributed by atoms with Gasteiger partial charge in [-0.15, -0.1) is 11.8 Å². The van der Waals surface area contributed by atoms with Crippen LogP contribution in [0.5, 0.6) is 0 Å². The van der Waals surface area contributed by atoms with Crippen LogP contribution >= 0.6 is 11.8 Å². The fourth-order valence-corrected chi connectivity index (χ4v) is 2.95. The molecule has 4 nitrogen and oxygen atoms in total. The van der Waals surface area contributed by atoms with E-state index in [1.165, 1.54) is 0 Å². The Hall–Kier alpha value is -2.40. The molecule has 0 radical (unpaired) electrons. The largest absolute Gasteiger partial charge is 0.467 e. The van der Waals surface area contributed by atoms with Crippen LogP contribution in [-0.2, 0) is 13.1 Å². The number of furan rings is 2. The van der Waals surface area contributed by atoms with Gasteiger partial charge in [0.05, 0.1) is 25.6 Å². The third-order valence-corrected chi connectivity index (χ3v) is 4.54. The number of thioether (sulfide) groups is 1. The molecular formula is C19H19NO3S. The van der Waals surface area contributed by atoms with E-state index in [-0.39, 0.29) is 5.91 Å². The smallest absolute Gasteiger partial charge is 0.254 e. The van der Waals surface area contributed by atoms with Gasteiger partial charge >= 0.3 is 0 Å². The lowest BCUT2D eigenvalue weighted by molar-refractivity contribution is 0.0704. The lowest BCUT2D eigenvalue weighted by Gasteiger charge is -2.22. The molecule has 0 N–H and O–H groups in total. The van der Waals surface area contributed by atoms with E-state index in [9.17, 15) is 4.79 Å². The number of amides is 1. The van der Waals surface area contributed by atoms with E-state index in [1.54, 1.807) is 29.2 Å². The van der Waals surface area contributed by atoms with Crippen LogP contribution in [0.4, 0.5) is 0 Å². The predicted molar refractivity (Wildman–Crippen MR) is 94.0 cm³/mol. The first-order chi connectivity index (χ1) is 11.7. The second-order valence-electron chi connectivity index (χ2n) is 5.50. The Kier molecular flexibility index (Phi) is 5.11. The van der Waals surface area contributed by atoms with E-state index in [0.717, 1.165) is 22.0 Å². The number of carbonyl (C=O) groups excluding carboxylic acids is 1. The van der Waals surface area contributed by atoms with Crippen LogP contribution in [-0.4, -0.2) is 17.1 Å². The third kappa shape index (κ3) is 3.74. The SMILES string of the molecule is CSc1ccc(C)c(C(=O)N(Cc2ccco2)Cc2ccco2)c1. The van der Waals surface area contributed by atoms with E-state index in [2.05, 4.69) is 0 Å². The van der Waals surface area contributed by atoms with Crippen LogP contribution in [0.3, 0.4) is 0 Å². The van der Waals surface area contributed by atoms with E-state index >= 15 is 0 Å². The molecule has 0 unspecified atom stereocenters. The molecule has 1 amide bonds. The van der Waals surface area contributed by atoms with Gasteiger partial charge in [-0.1, -0.05) is 6.07 Å². The fourth-order valence-electron chi connectivity index (χ4n) is 2.51. The molecule has 2 aromatic heterocycles. The maximum atomic E-state index is 13.1. The van der Waals surface area contributed by atoms with Crippen molar-refractivity contribution in [3.05, 3.63) is 77.6 Å². The number of aryl methyl sites for hydroxylation is 1. The Labute approximate surface area is 145 Å². The molecule has 3 rings (SSSR count). The summed E-state index contributed by atoms with van der Waals surface area (Å²) in [5.41, 5.74) is 1.67. The highest BCUT2D eigenvalue weighted by Crippen LogP contribution is 2.22. The van der Waals surface area contributed by atoms with Crippen LogP contribution in [0.25, 0.3) is 0 Å². The monoisotopic (exact) mass is 341 g/mol. The molecule has 124 valence electrons. The van der Waals surface area contributed by atoms with Gasteiger partial charge in [0.25, 0.3) is 5.91 Å². The van der Waals surface area contributed by atoms with Gasteiger partial charge in [-0.25, -0.2) is 0 Å². The number of carbonyl (C=O) groups is 1. The summed E-state index contributed by atoms with van der Waals surface area (Å²) in [6.07, 6.45) is 5.23. The summed E-state index contributed by atoms with van der Waals surface area (Å²) in [4.78, 5) is 15.9. The highest BCUT2D eigenvalue weighted by molar-refractivity contribution is 7.98. The molecule has 5 heteroatoms. The van der Waals surface area contributed by atoms with Crippen molar-refractivity contribution >= 4 is 17.7 Å². The van der Waals surface area contributed by atoms with Gasteiger partial charge in [0.1, 0.15) is 11.5 Å². The molecule has 2 heterocycles. The minimum absolute atomic E-state index is 0.0313. The summed E-state index contributed by atoms with van der Waals surface area (Å²) in [5, 5.41) is 0. The lowest BCUT2D eigenvalue weighted by Crippen LogP contribution is -2.30. The predicted octanol–water partition coefficient (Wildman–Crippen LogP) is 4.75. The summed E-state index contributed by atoms with van der Waals surface area (Å²) in [5.74, 6) is 1.46. The van der Waals surface area contributed by atoms with Crippen molar-refractivity contribution in [1.82, 2.24) is 4.90 Å². The summed E-state index contributed by atoms with van der Waals surface area (Å²) >= 11 is 1.62. The summed E-state index contributed by atoms with van der Waals surface area (Å²) in [7, 11) is 0. The Balaban J connectivity index is 1.90. The zero-order valence-electron chi connectivity index (χ0n) is 13.7. The first kappa shape index (κ1) is 16.5. The lowest BCUT2D eigenvalue weighted by atomic mass is 10.1. The van der Waals surface area contributed by atoms with Crippen molar-refractivity contribution in [1.29, 1.82) is 0 Å². The van der Waals surface area contributed by atoms with Crippen molar-refractivity contribution < 1.29 is 13.6 Å². The highest BCUT2D eigenvalue weighted by atomic mass is 32.2. The Morgan fingerprint density at radius 2 is 1.67 bits per heavy atom. The zero-order chi connectivity index (χ0) is 16.9. The molecule has 0 aliphatic carbocycles. The number of rotatable bonds is 6. The van der Waals surface area contributed by atoms with Gasteiger partial charge in [0.2, 0.25) is 0 Å². The van der Waals surface area contributed by atoms with Crippen LogP contribution in [0.1, 0.15) is 27.4 Å². The second kappa shape index (κ2) is 7.45. The van der Waals surface area contributed by atoms with E-state index < -0.39 is 0 Å². The molecule has 3 aromatic rings. The zero-order valence-corrected chi connectivity index (χ0v) is 14.5. The topological polar surface area (TPSA) is 46.6 Å². The van der Waals surface area contributed by atoms with Crippen LogP contribution in [0, 0.1) is 6.92 Å². The van der Waals surface area contributed by atoms with Crippen molar-refractivity contribution in [3.63, 3.8) is 0 Å². The number of nitrogens with zero attached hydrogens (tertiary/aromatic N) is 1. The van der Waals surface area contributed by atoms with Crippen LogP contribution < -0.4 is 0 Å². The standard InChI is InChI=1S/C19H19NO3S/c1-14-7-8-17(24-2)11-18(14)19(21)20(12-15-5-3-9-22-15)13-16-6-4-10-23-16/h3-11H,12-13H2,1-2H3. The van der Waals surface area contributed by atoms with Crippen molar-refractivity contribution in [2.75, 3.05) is 6.26 Å². The Bertz CT molecular complexity index is 758. The molecule has 0 fully saturated rings. The molecule has 0 bridgehead atoms. The van der Waals surface area contributed by atoms with E-state index in [0.29, 0.717) is 18.7 Å². The number of benzene rings is 1. The van der Waals surface area contributed by atoms with Gasteiger partial charge in [0, 0.05) is 10.5 Å². The first-order valence-electron chi connectivity index (χ1n) is 7.66. The quantitative estimate of drug-likeness (QED) is 0.607. The molecule has 0 spiro atoms. The first-order valence-corrected chi connectivity index (χ1v) is 8.88. The number of hydrogen-bond acceptors (Lipinski definition) is 4. The maximum absolute atomic E-state index is 13.1. The summed E-state index contributed by atoms with van der Waals surface area (Å²) in [6.45, 7) is 2.75. The highest BCUT2D eigenvalue weighted by Gasteiger charge is 2.20. The van der Waals surface area contributed by atoms with Gasteiger partial charge in [0.15, 0.2) is 0 Å². The molecule has 0 atom stereocenters. The molecule has 0 saturated heterocycles. The molecule has 24 heavy (non-hydrogen) atoms. The van der Waals surface area contributed by atoms with Crippen molar-refractivity contribution in [2.24, 2.45) is 0 Å². The normalized spacial score (nSPS) is 10.8. The van der Waals surface area contributed by atoms with Crippen LogP contribution in [0.15, 0.2) is 68.7 Å². The molecule has 0 aliphatic heterocycles. The van der Waals surface area contributed by atoms with Crippen molar-refractivity contribution in [2.45, 2.75) is 24.9 Å². The molecule has 1 aromatic carbocycles. The third-order valence-electron chi connectivity index (χ3n) is 3.82. The number of hydrogen-bond donors (Lipinski definition) is 0. The van der Waals surface area contributed by atoms with E-state index in [1.807, 2.05) is 55.6 Å². The van der Waals surface area contributed by atoms with E-state index in [4.69, 9.17) is 8.83 Å². The average molecular weight is 341 g/mol. The van der Waals surface area contributed by atoms with Crippen molar-refractivity contribution in [3.8, 4) is 0 Å². The van der Waals surface area contributed by atoms with Gasteiger partial charge in [-0.3, -0.25) is 4.79 Å². The molecule has 0 saturated carbocycles. The molecule has 0 aliphatic rings. The minimum Gasteiger partial charge on any atom is -0.467 e. The van der Waals surface area contributed by atoms with Gasteiger partial charge in [-0.2, -0.15) is 0 Å².